The third kappa shape index (κ3) is 2.75. The Bertz CT molecular complexity index is 636. The number of carbonyl (C=O) groups excluding carboxylic acids is 1. The molecule has 3 rings (SSSR count). The fourth-order valence-electron chi connectivity index (χ4n) is 2.24. The van der Waals surface area contributed by atoms with Crippen molar-refractivity contribution in [2.24, 2.45) is 5.92 Å². The maximum Gasteiger partial charge on any atom is 0.258 e. The van der Waals surface area contributed by atoms with Gasteiger partial charge in [-0.15, -0.1) is 0 Å². The summed E-state index contributed by atoms with van der Waals surface area (Å²) >= 11 is 3.31. The quantitative estimate of drug-likeness (QED) is 0.933. The Labute approximate surface area is 125 Å². The first-order chi connectivity index (χ1) is 9.65. The zero-order valence-electron chi connectivity index (χ0n) is 11.1. The maximum atomic E-state index is 12.2. The van der Waals surface area contributed by atoms with E-state index in [9.17, 15) is 4.79 Å². The molecule has 1 saturated carbocycles. The highest BCUT2D eigenvalue weighted by atomic mass is 79.9. The number of amides is 1. The Kier molecular flexibility index (Phi) is 3.56. The molecule has 2 aromatic rings. The van der Waals surface area contributed by atoms with Gasteiger partial charge in [0.05, 0.1) is 17.8 Å². The molecular weight excluding hydrogens is 320 g/mol. The van der Waals surface area contributed by atoms with Crippen LogP contribution >= 0.6 is 15.9 Å². The van der Waals surface area contributed by atoms with Gasteiger partial charge in [0.1, 0.15) is 5.82 Å². The van der Waals surface area contributed by atoms with E-state index < -0.39 is 0 Å². The van der Waals surface area contributed by atoms with Crippen molar-refractivity contribution in [3.63, 3.8) is 0 Å². The van der Waals surface area contributed by atoms with Crippen LogP contribution in [-0.2, 0) is 0 Å². The Hall–Kier alpha value is -1.69. The lowest BCUT2D eigenvalue weighted by Gasteiger charge is -2.15. The number of hydrogen-bond donors (Lipinski definition) is 1. The van der Waals surface area contributed by atoms with Crippen molar-refractivity contribution in [1.29, 1.82) is 0 Å². The van der Waals surface area contributed by atoms with Crippen molar-refractivity contribution < 1.29 is 4.79 Å². The summed E-state index contributed by atoms with van der Waals surface area (Å²) in [6.07, 6.45) is 7.39. The fourth-order valence-corrected chi connectivity index (χ4v) is 2.61. The van der Waals surface area contributed by atoms with Gasteiger partial charge in [0.2, 0.25) is 0 Å². The van der Waals surface area contributed by atoms with E-state index in [0.29, 0.717) is 17.5 Å². The molecule has 2 heterocycles. The lowest BCUT2D eigenvalue weighted by atomic mass is 10.2. The monoisotopic (exact) mass is 334 g/mol. The molecule has 0 saturated heterocycles. The minimum absolute atomic E-state index is 0.177. The lowest BCUT2D eigenvalue weighted by molar-refractivity contribution is 0.102. The van der Waals surface area contributed by atoms with Crippen molar-refractivity contribution in [2.45, 2.75) is 25.8 Å². The van der Waals surface area contributed by atoms with Crippen LogP contribution in [0.1, 0.15) is 36.2 Å². The molecule has 20 heavy (non-hydrogen) atoms. The van der Waals surface area contributed by atoms with Gasteiger partial charge < -0.3 is 5.32 Å². The Balaban J connectivity index is 1.78. The highest BCUT2D eigenvalue weighted by Gasteiger charge is 2.30. The molecule has 1 atom stereocenters. The summed E-state index contributed by atoms with van der Waals surface area (Å²) in [6.45, 7) is 2.14. The predicted molar refractivity (Wildman–Crippen MR) is 79.6 cm³/mol. The van der Waals surface area contributed by atoms with Gasteiger partial charge in [-0.3, -0.25) is 9.78 Å². The summed E-state index contributed by atoms with van der Waals surface area (Å²) in [6, 6.07) is 3.89. The van der Waals surface area contributed by atoms with Gasteiger partial charge in [-0.25, -0.2) is 4.68 Å². The van der Waals surface area contributed by atoms with Crippen LogP contribution in [0.15, 0.2) is 35.2 Å². The van der Waals surface area contributed by atoms with E-state index in [1.165, 1.54) is 12.8 Å². The molecule has 0 bridgehead atoms. The number of rotatable bonds is 4. The van der Waals surface area contributed by atoms with Gasteiger partial charge in [0, 0.05) is 22.9 Å². The highest BCUT2D eigenvalue weighted by molar-refractivity contribution is 9.10. The highest BCUT2D eigenvalue weighted by Crippen LogP contribution is 2.40. The number of anilines is 1. The maximum absolute atomic E-state index is 12.2. The molecule has 1 amide bonds. The first-order valence-electron chi connectivity index (χ1n) is 6.60. The SMILES string of the molecule is CC(C1CC1)n1nccc1NC(=O)c1cncc(Br)c1. The number of pyridine rings is 1. The Morgan fingerprint density at radius 1 is 1.50 bits per heavy atom. The molecule has 1 unspecified atom stereocenters. The minimum atomic E-state index is -0.177. The van der Waals surface area contributed by atoms with E-state index in [1.807, 2.05) is 10.7 Å². The molecule has 1 aliphatic rings. The van der Waals surface area contributed by atoms with Crippen LogP contribution in [-0.4, -0.2) is 20.7 Å². The molecule has 0 aliphatic heterocycles. The molecule has 1 N–H and O–H groups in total. The summed E-state index contributed by atoms with van der Waals surface area (Å²) in [7, 11) is 0. The van der Waals surface area contributed by atoms with Gasteiger partial charge in [0.25, 0.3) is 5.91 Å². The van der Waals surface area contributed by atoms with Crippen LogP contribution in [0.3, 0.4) is 0 Å². The first-order valence-corrected chi connectivity index (χ1v) is 7.40. The third-order valence-corrected chi connectivity index (χ3v) is 4.00. The number of nitrogens with zero attached hydrogens (tertiary/aromatic N) is 3. The van der Waals surface area contributed by atoms with Gasteiger partial charge >= 0.3 is 0 Å². The van der Waals surface area contributed by atoms with E-state index in [2.05, 4.69) is 38.3 Å². The van der Waals surface area contributed by atoms with Crippen molar-refractivity contribution in [2.75, 3.05) is 5.32 Å². The molecule has 104 valence electrons. The topological polar surface area (TPSA) is 59.8 Å². The summed E-state index contributed by atoms with van der Waals surface area (Å²) < 4.78 is 2.67. The second-order valence-corrected chi connectivity index (χ2v) is 6.00. The number of nitrogens with one attached hydrogen (secondary N) is 1. The molecule has 6 heteroatoms. The Morgan fingerprint density at radius 2 is 2.30 bits per heavy atom. The first kappa shape index (κ1) is 13.3. The van der Waals surface area contributed by atoms with E-state index in [-0.39, 0.29) is 5.91 Å². The largest absolute Gasteiger partial charge is 0.307 e. The summed E-state index contributed by atoms with van der Waals surface area (Å²) in [5.41, 5.74) is 0.520. The van der Waals surface area contributed by atoms with Crippen molar-refractivity contribution in [3.8, 4) is 0 Å². The van der Waals surface area contributed by atoms with Gasteiger partial charge in [-0.1, -0.05) is 0 Å². The normalized spacial score (nSPS) is 15.9. The zero-order valence-corrected chi connectivity index (χ0v) is 12.7. The molecule has 1 aliphatic carbocycles. The Morgan fingerprint density at radius 3 is 3.00 bits per heavy atom. The zero-order chi connectivity index (χ0) is 14.1. The van der Waals surface area contributed by atoms with Crippen molar-refractivity contribution in [3.05, 3.63) is 40.8 Å². The fraction of sp³-hybridized carbons (Fsp3) is 0.357. The second-order valence-electron chi connectivity index (χ2n) is 5.09. The van der Waals surface area contributed by atoms with Crippen LogP contribution in [0.5, 0.6) is 0 Å². The standard InChI is InChI=1S/C14H15BrN4O/c1-9(10-2-3-10)19-13(4-5-17-19)18-14(20)11-6-12(15)8-16-7-11/h4-10H,2-3H2,1H3,(H,18,20). The van der Waals surface area contributed by atoms with Crippen LogP contribution in [0.4, 0.5) is 5.82 Å². The van der Waals surface area contributed by atoms with Crippen molar-refractivity contribution >= 4 is 27.7 Å². The van der Waals surface area contributed by atoms with Gasteiger partial charge in [0.15, 0.2) is 0 Å². The predicted octanol–water partition coefficient (Wildman–Crippen LogP) is 3.26. The summed E-state index contributed by atoms with van der Waals surface area (Å²) in [5.74, 6) is 1.23. The number of halogens is 1. The minimum Gasteiger partial charge on any atom is -0.307 e. The van der Waals surface area contributed by atoms with Crippen LogP contribution in [0, 0.1) is 5.92 Å². The lowest BCUT2D eigenvalue weighted by Crippen LogP contribution is -2.18. The molecular formula is C14H15BrN4O. The molecule has 1 fully saturated rings. The molecule has 5 nitrogen and oxygen atoms in total. The van der Waals surface area contributed by atoms with E-state index in [0.717, 1.165) is 10.3 Å². The number of aromatic nitrogens is 3. The molecule has 0 aromatic carbocycles. The number of hydrogen-bond acceptors (Lipinski definition) is 3. The van der Waals surface area contributed by atoms with Crippen molar-refractivity contribution in [1.82, 2.24) is 14.8 Å². The third-order valence-electron chi connectivity index (χ3n) is 3.57. The van der Waals surface area contributed by atoms with E-state index >= 15 is 0 Å². The van der Waals surface area contributed by atoms with Crippen LogP contribution in [0.25, 0.3) is 0 Å². The van der Waals surface area contributed by atoms with Crippen LogP contribution < -0.4 is 5.32 Å². The van der Waals surface area contributed by atoms with E-state index in [4.69, 9.17) is 0 Å². The number of carbonyl (C=O) groups is 1. The summed E-state index contributed by atoms with van der Waals surface area (Å²) in [4.78, 5) is 16.2. The van der Waals surface area contributed by atoms with Gasteiger partial charge in [-0.2, -0.15) is 5.10 Å². The molecule has 0 radical (unpaired) electrons. The van der Waals surface area contributed by atoms with Gasteiger partial charge in [-0.05, 0) is 47.7 Å². The van der Waals surface area contributed by atoms with E-state index in [1.54, 1.807) is 24.7 Å². The molecule has 0 spiro atoms. The smallest absolute Gasteiger partial charge is 0.258 e. The average Bonchev–Trinajstić information content (AvgIpc) is 3.18. The van der Waals surface area contributed by atoms with Crippen LogP contribution in [0.2, 0.25) is 0 Å². The average molecular weight is 335 g/mol. The molecule has 2 aromatic heterocycles. The second kappa shape index (κ2) is 5.36. The summed E-state index contributed by atoms with van der Waals surface area (Å²) in [5, 5.41) is 7.22.